The SMILES string of the molecule is CC[C@@H]1[C@@H](C)CCN1Cc1ccc(F)cc1F. The first-order chi connectivity index (χ1) is 8.11. The van der Waals surface area contributed by atoms with Crippen molar-refractivity contribution in [1.29, 1.82) is 0 Å². The van der Waals surface area contributed by atoms with E-state index in [1.54, 1.807) is 6.07 Å². The van der Waals surface area contributed by atoms with E-state index in [2.05, 4.69) is 18.7 Å². The molecule has 1 aliphatic rings. The highest BCUT2D eigenvalue weighted by Crippen LogP contribution is 2.28. The number of halogens is 2. The van der Waals surface area contributed by atoms with Gasteiger partial charge in [0.2, 0.25) is 0 Å². The van der Waals surface area contributed by atoms with Gasteiger partial charge in [-0.3, -0.25) is 4.90 Å². The van der Waals surface area contributed by atoms with Gasteiger partial charge in [-0.1, -0.05) is 19.9 Å². The Hall–Kier alpha value is -0.960. The molecule has 2 rings (SSSR count). The second-order valence-corrected chi connectivity index (χ2v) is 4.95. The Morgan fingerprint density at radius 2 is 2.12 bits per heavy atom. The minimum Gasteiger partial charge on any atom is -0.296 e. The van der Waals surface area contributed by atoms with Crippen molar-refractivity contribution in [1.82, 2.24) is 4.90 Å². The predicted molar refractivity (Wildman–Crippen MR) is 64.6 cm³/mol. The molecule has 94 valence electrons. The first kappa shape index (κ1) is 12.5. The van der Waals surface area contributed by atoms with Crippen molar-refractivity contribution in [3.63, 3.8) is 0 Å². The first-order valence-corrected chi connectivity index (χ1v) is 6.29. The van der Waals surface area contributed by atoms with Crippen LogP contribution in [0.5, 0.6) is 0 Å². The molecule has 2 atom stereocenters. The molecule has 17 heavy (non-hydrogen) atoms. The van der Waals surface area contributed by atoms with Gasteiger partial charge in [0.25, 0.3) is 0 Å². The molecule has 0 saturated carbocycles. The summed E-state index contributed by atoms with van der Waals surface area (Å²) in [6, 6.07) is 4.38. The van der Waals surface area contributed by atoms with Gasteiger partial charge in [0.15, 0.2) is 0 Å². The first-order valence-electron chi connectivity index (χ1n) is 6.29. The summed E-state index contributed by atoms with van der Waals surface area (Å²) < 4.78 is 26.4. The van der Waals surface area contributed by atoms with Crippen molar-refractivity contribution in [2.45, 2.75) is 39.3 Å². The predicted octanol–water partition coefficient (Wildman–Crippen LogP) is 3.59. The molecule has 1 aromatic carbocycles. The minimum absolute atomic E-state index is 0.431. The van der Waals surface area contributed by atoms with E-state index in [0.717, 1.165) is 19.0 Å². The smallest absolute Gasteiger partial charge is 0.130 e. The van der Waals surface area contributed by atoms with Crippen molar-refractivity contribution >= 4 is 0 Å². The van der Waals surface area contributed by atoms with E-state index in [4.69, 9.17) is 0 Å². The molecule has 0 radical (unpaired) electrons. The number of benzene rings is 1. The van der Waals surface area contributed by atoms with E-state index >= 15 is 0 Å². The maximum atomic E-state index is 13.6. The monoisotopic (exact) mass is 239 g/mol. The quantitative estimate of drug-likeness (QED) is 0.779. The van der Waals surface area contributed by atoms with Gasteiger partial charge < -0.3 is 0 Å². The average Bonchev–Trinajstić information content (AvgIpc) is 2.63. The van der Waals surface area contributed by atoms with Crippen LogP contribution in [0.15, 0.2) is 18.2 Å². The fourth-order valence-electron chi connectivity index (χ4n) is 2.81. The normalized spacial score (nSPS) is 25.4. The van der Waals surface area contributed by atoms with Crippen LogP contribution in [-0.4, -0.2) is 17.5 Å². The Morgan fingerprint density at radius 1 is 1.35 bits per heavy atom. The summed E-state index contributed by atoms with van der Waals surface area (Å²) in [4.78, 5) is 2.31. The lowest BCUT2D eigenvalue weighted by atomic mass is 10.0. The lowest BCUT2D eigenvalue weighted by Crippen LogP contribution is -2.31. The van der Waals surface area contributed by atoms with Crippen LogP contribution in [0, 0.1) is 17.6 Å². The summed E-state index contributed by atoms with van der Waals surface area (Å²) in [6.45, 7) is 6.02. The molecule has 0 amide bonds. The van der Waals surface area contributed by atoms with Crippen molar-refractivity contribution < 1.29 is 8.78 Å². The maximum absolute atomic E-state index is 13.6. The number of likely N-dealkylation sites (tertiary alicyclic amines) is 1. The Morgan fingerprint density at radius 3 is 2.76 bits per heavy atom. The topological polar surface area (TPSA) is 3.24 Å². The molecule has 1 aliphatic heterocycles. The van der Waals surface area contributed by atoms with Crippen LogP contribution in [0.25, 0.3) is 0 Å². The van der Waals surface area contributed by atoms with Crippen molar-refractivity contribution in [3.8, 4) is 0 Å². The fourth-order valence-corrected chi connectivity index (χ4v) is 2.81. The molecule has 0 unspecified atom stereocenters. The van der Waals surface area contributed by atoms with Crippen LogP contribution in [0.1, 0.15) is 32.3 Å². The lowest BCUT2D eigenvalue weighted by Gasteiger charge is -2.25. The van der Waals surface area contributed by atoms with Gasteiger partial charge in [-0.05, 0) is 31.4 Å². The second kappa shape index (κ2) is 5.13. The van der Waals surface area contributed by atoms with Gasteiger partial charge in [0.1, 0.15) is 11.6 Å². The second-order valence-electron chi connectivity index (χ2n) is 4.95. The number of nitrogens with zero attached hydrogens (tertiary/aromatic N) is 1. The van der Waals surface area contributed by atoms with E-state index in [1.807, 2.05) is 0 Å². The number of rotatable bonds is 3. The zero-order valence-corrected chi connectivity index (χ0v) is 10.4. The molecule has 0 spiro atoms. The molecule has 1 fully saturated rings. The molecule has 1 nitrogen and oxygen atoms in total. The third-order valence-corrected chi connectivity index (χ3v) is 3.80. The van der Waals surface area contributed by atoms with E-state index in [1.165, 1.54) is 12.5 Å². The average molecular weight is 239 g/mol. The highest BCUT2D eigenvalue weighted by atomic mass is 19.1. The Balaban J connectivity index is 2.10. The minimum atomic E-state index is -0.506. The molecule has 3 heteroatoms. The van der Waals surface area contributed by atoms with Gasteiger partial charge in [0, 0.05) is 24.2 Å². The molecular formula is C14H19F2N. The van der Waals surface area contributed by atoms with Crippen molar-refractivity contribution in [3.05, 3.63) is 35.4 Å². The third-order valence-electron chi connectivity index (χ3n) is 3.80. The van der Waals surface area contributed by atoms with Gasteiger partial charge in [-0.2, -0.15) is 0 Å². The van der Waals surface area contributed by atoms with E-state index in [0.29, 0.717) is 24.1 Å². The molecule has 1 aromatic rings. The number of hydrogen-bond donors (Lipinski definition) is 0. The molecule has 0 aromatic heterocycles. The molecule has 0 bridgehead atoms. The van der Waals surface area contributed by atoms with Gasteiger partial charge >= 0.3 is 0 Å². The summed E-state index contributed by atoms with van der Waals surface area (Å²) in [5.74, 6) is -0.268. The third kappa shape index (κ3) is 2.65. The molecular weight excluding hydrogens is 220 g/mol. The maximum Gasteiger partial charge on any atom is 0.130 e. The fraction of sp³-hybridized carbons (Fsp3) is 0.571. The van der Waals surface area contributed by atoms with Crippen molar-refractivity contribution in [2.24, 2.45) is 5.92 Å². The van der Waals surface area contributed by atoms with E-state index in [-0.39, 0.29) is 0 Å². The van der Waals surface area contributed by atoms with Crippen LogP contribution >= 0.6 is 0 Å². The van der Waals surface area contributed by atoms with E-state index < -0.39 is 11.6 Å². The Bertz CT molecular complexity index is 392. The summed E-state index contributed by atoms with van der Waals surface area (Å²) in [5, 5.41) is 0. The zero-order valence-electron chi connectivity index (χ0n) is 10.4. The molecule has 0 N–H and O–H groups in total. The number of hydrogen-bond acceptors (Lipinski definition) is 1. The lowest BCUT2D eigenvalue weighted by molar-refractivity contribution is 0.214. The zero-order chi connectivity index (χ0) is 12.4. The highest BCUT2D eigenvalue weighted by molar-refractivity contribution is 5.18. The summed E-state index contributed by atoms with van der Waals surface area (Å²) in [5.41, 5.74) is 0.596. The molecule has 0 aliphatic carbocycles. The summed E-state index contributed by atoms with van der Waals surface area (Å²) in [7, 11) is 0. The largest absolute Gasteiger partial charge is 0.296 e. The van der Waals surface area contributed by atoms with Gasteiger partial charge in [-0.15, -0.1) is 0 Å². The van der Waals surface area contributed by atoms with Crippen molar-refractivity contribution in [2.75, 3.05) is 6.54 Å². The summed E-state index contributed by atoms with van der Waals surface area (Å²) >= 11 is 0. The Kier molecular flexibility index (Phi) is 3.77. The van der Waals surface area contributed by atoms with Crippen LogP contribution < -0.4 is 0 Å². The Labute approximate surface area is 101 Å². The van der Waals surface area contributed by atoms with Gasteiger partial charge in [-0.25, -0.2) is 8.78 Å². The highest BCUT2D eigenvalue weighted by Gasteiger charge is 2.29. The van der Waals surface area contributed by atoms with Gasteiger partial charge in [0.05, 0.1) is 0 Å². The van der Waals surface area contributed by atoms with Crippen LogP contribution in [0.4, 0.5) is 8.78 Å². The van der Waals surface area contributed by atoms with E-state index in [9.17, 15) is 8.78 Å². The van der Waals surface area contributed by atoms with Crippen LogP contribution in [0.2, 0.25) is 0 Å². The van der Waals surface area contributed by atoms with Crippen LogP contribution in [0.3, 0.4) is 0 Å². The summed E-state index contributed by atoms with van der Waals surface area (Å²) in [6.07, 6.45) is 2.26. The standard InChI is InChI=1S/C14H19F2N/c1-3-14-10(2)6-7-17(14)9-11-4-5-12(15)8-13(11)16/h4-5,8,10,14H,3,6-7,9H2,1-2H3/t10-,14+/m0/s1. The van der Waals surface area contributed by atoms with Crippen LogP contribution in [-0.2, 0) is 6.54 Å². The molecule has 1 saturated heterocycles. The molecule has 1 heterocycles.